The van der Waals surface area contributed by atoms with Gasteiger partial charge < -0.3 is 21.1 Å². The van der Waals surface area contributed by atoms with Crippen LogP contribution in [0.5, 0.6) is 0 Å². The van der Waals surface area contributed by atoms with Gasteiger partial charge in [0.1, 0.15) is 6.04 Å². The average molecular weight is 426 g/mol. The van der Waals surface area contributed by atoms with Crippen LogP contribution >= 0.6 is 0 Å². The van der Waals surface area contributed by atoms with Gasteiger partial charge in [-0.3, -0.25) is 9.59 Å². The van der Waals surface area contributed by atoms with E-state index in [1.54, 1.807) is 0 Å². The van der Waals surface area contributed by atoms with Crippen molar-refractivity contribution in [1.82, 2.24) is 16.0 Å². The quantitative estimate of drug-likeness (QED) is 0.444. The molecule has 0 fully saturated rings. The Morgan fingerprint density at radius 1 is 0.839 bits per heavy atom. The van der Waals surface area contributed by atoms with Crippen LogP contribution in [0.2, 0.25) is 0 Å². The summed E-state index contributed by atoms with van der Waals surface area (Å²) in [6.07, 6.45) is -0.327. The maximum atomic E-state index is 12.9. The molecule has 4 N–H and O–H groups in total. The highest BCUT2D eigenvalue weighted by atomic mass is 16.4. The summed E-state index contributed by atoms with van der Waals surface area (Å²) in [7, 11) is 0. The number of carbonyl (C=O) groups excluding carboxylic acids is 2. The van der Waals surface area contributed by atoms with Crippen molar-refractivity contribution in [2.75, 3.05) is 6.54 Å². The lowest BCUT2D eigenvalue weighted by molar-refractivity contribution is -0.131. The summed E-state index contributed by atoms with van der Waals surface area (Å²) in [6, 6.07) is 18.2. The molecule has 0 bridgehead atoms. The summed E-state index contributed by atoms with van der Waals surface area (Å²) in [5, 5.41) is 16.9. The molecule has 0 radical (unpaired) electrons. The predicted molar refractivity (Wildman–Crippen MR) is 119 cm³/mol. The van der Waals surface area contributed by atoms with E-state index in [9.17, 15) is 14.4 Å². The molecule has 0 spiro atoms. The Morgan fingerprint density at radius 3 is 1.97 bits per heavy atom. The second kappa shape index (κ2) is 12.4. The molecule has 3 amide bonds. The van der Waals surface area contributed by atoms with E-state index >= 15 is 0 Å². The Hall–Kier alpha value is -3.35. The SMILES string of the molecule is CC(C)C[C@H](CNC(=O)O)C(=O)N[C@@H](Cc1ccccc1)C(=O)NCc1ccccc1. The minimum Gasteiger partial charge on any atom is -0.465 e. The van der Waals surface area contributed by atoms with E-state index in [1.165, 1.54) is 0 Å². The second-order valence-corrected chi connectivity index (χ2v) is 7.97. The molecule has 2 aromatic carbocycles. The minimum atomic E-state index is -1.18. The fraction of sp³-hybridized carbons (Fsp3) is 0.375. The van der Waals surface area contributed by atoms with Crippen LogP contribution in [0.4, 0.5) is 4.79 Å². The summed E-state index contributed by atoms with van der Waals surface area (Å²) in [4.78, 5) is 36.8. The van der Waals surface area contributed by atoms with Crippen molar-refractivity contribution >= 4 is 17.9 Å². The number of amides is 3. The van der Waals surface area contributed by atoms with Gasteiger partial charge in [-0.1, -0.05) is 74.5 Å². The van der Waals surface area contributed by atoms with Gasteiger partial charge in [0.15, 0.2) is 0 Å². The van der Waals surface area contributed by atoms with Crippen molar-refractivity contribution in [1.29, 1.82) is 0 Å². The Balaban J connectivity index is 2.10. The lowest BCUT2D eigenvalue weighted by Gasteiger charge is -2.23. The van der Waals surface area contributed by atoms with Crippen LogP contribution in [0.1, 0.15) is 31.4 Å². The molecule has 0 saturated heterocycles. The topological polar surface area (TPSA) is 108 Å². The molecule has 7 heteroatoms. The zero-order valence-corrected chi connectivity index (χ0v) is 18.0. The number of hydrogen-bond donors (Lipinski definition) is 4. The third kappa shape index (κ3) is 8.90. The molecule has 0 unspecified atom stereocenters. The van der Waals surface area contributed by atoms with E-state index < -0.39 is 18.1 Å². The van der Waals surface area contributed by atoms with Gasteiger partial charge in [0, 0.05) is 19.5 Å². The van der Waals surface area contributed by atoms with E-state index in [0.29, 0.717) is 19.4 Å². The van der Waals surface area contributed by atoms with Gasteiger partial charge >= 0.3 is 6.09 Å². The summed E-state index contributed by atoms with van der Waals surface area (Å²) in [5.41, 5.74) is 1.88. The minimum absolute atomic E-state index is 0.00301. The van der Waals surface area contributed by atoms with E-state index in [4.69, 9.17) is 5.11 Å². The van der Waals surface area contributed by atoms with Crippen LogP contribution < -0.4 is 16.0 Å². The number of nitrogens with one attached hydrogen (secondary N) is 3. The van der Waals surface area contributed by atoms with Crippen molar-refractivity contribution in [2.45, 2.75) is 39.3 Å². The Labute approximate surface area is 183 Å². The standard InChI is InChI=1S/C24H31N3O4/c1-17(2)13-20(16-26-24(30)31)22(28)27-21(14-18-9-5-3-6-10-18)23(29)25-15-19-11-7-4-8-12-19/h3-12,17,20-21,26H,13-16H2,1-2H3,(H,25,29)(H,27,28)(H,30,31)/t20-,21+/m1/s1. The molecule has 31 heavy (non-hydrogen) atoms. The summed E-state index contributed by atoms with van der Waals surface area (Å²) < 4.78 is 0. The molecule has 0 aliphatic rings. The van der Waals surface area contributed by atoms with Crippen LogP contribution in [0, 0.1) is 11.8 Å². The number of rotatable bonds is 11. The van der Waals surface area contributed by atoms with Crippen LogP contribution in [0.25, 0.3) is 0 Å². The van der Waals surface area contributed by atoms with Crippen LogP contribution in [0.3, 0.4) is 0 Å². The lowest BCUT2D eigenvalue weighted by Crippen LogP contribution is -2.51. The first kappa shape index (κ1) is 23.9. The van der Waals surface area contributed by atoms with E-state index in [1.807, 2.05) is 74.5 Å². The number of benzene rings is 2. The van der Waals surface area contributed by atoms with E-state index in [0.717, 1.165) is 11.1 Å². The summed E-state index contributed by atoms with van der Waals surface area (Å²) in [5.74, 6) is -0.976. The monoisotopic (exact) mass is 425 g/mol. The van der Waals surface area contributed by atoms with Crippen LogP contribution in [-0.4, -0.2) is 35.6 Å². The second-order valence-electron chi connectivity index (χ2n) is 7.97. The molecule has 2 rings (SSSR count). The molecule has 0 heterocycles. The first-order valence-corrected chi connectivity index (χ1v) is 10.5. The first-order chi connectivity index (χ1) is 14.8. The molecule has 2 atom stereocenters. The molecule has 2 aromatic rings. The van der Waals surface area contributed by atoms with Crippen LogP contribution in [-0.2, 0) is 22.6 Å². The smallest absolute Gasteiger partial charge is 0.404 e. The van der Waals surface area contributed by atoms with Gasteiger partial charge in [-0.25, -0.2) is 4.79 Å². The van der Waals surface area contributed by atoms with Gasteiger partial charge in [0.2, 0.25) is 11.8 Å². The third-order valence-corrected chi connectivity index (χ3v) is 4.85. The predicted octanol–water partition coefficient (Wildman–Crippen LogP) is 2.96. The van der Waals surface area contributed by atoms with Gasteiger partial charge in [0.25, 0.3) is 0 Å². The number of carbonyl (C=O) groups is 3. The average Bonchev–Trinajstić information content (AvgIpc) is 2.75. The van der Waals surface area contributed by atoms with Crippen molar-refractivity contribution < 1.29 is 19.5 Å². The summed E-state index contributed by atoms with van der Waals surface area (Å²) >= 11 is 0. The third-order valence-electron chi connectivity index (χ3n) is 4.85. The van der Waals surface area contributed by atoms with Crippen molar-refractivity contribution in [2.24, 2.45) is 11.8 Å². The van der Waals surface area contributed by atoms with Gasteiger partial charge in [0.05, 0.1) is 5.92 Å². The highest BCUT2D eigenvalue weighted by molar-refractivity contribution is 5.89. The normalized spacial score (nSPS) is 12.6. The zero-order chi connectivity index (χ0) is 22.6. The molecule has 7 nitrogen and oxygen atoms in total. The Bertz CT molecular complexity index is 840. The van der Waals surface area contributed by atoms with Crippen molar-refractivity contribution in [3.05, 3.63) is 71.8 Å². The fourth-order valence-corrected chi connectivity index (χ4v) is 3.32. The molecule has 166 valence electrons. The largest absolute Gasteiger partial charge is 0.465 e. The first-order valence-electron chi connectivity index (χ1n) is 10.5. The van der Waals surface area contributed by atoms with Crippen LogP contribution in [0.15, 0.2) is 60.7 Å². The molecule has 0 aliphatic carbocycles. The van der Waals surface area contributed by atoms with Crippen molar-refractivity contribution in [3.63, 3.8) is 0 Å². The van der Waals surface area contributed by atoms with E-state index in [2.05, 4.69) is 16.0 Å². The molecule has 0 saturated carbocycles. The Kier molecular flexibility index (Phi) is 9.55. The Morgan fingerprint density at radius 2 is 1.42 bits per heavy atom. The highest BCUT2D eigenvalue weighted by Gasteiger charge is 2.26. The van der Waals surface area contributed by atoms with Gasteiger partial charge in [-0.05, 0) is 23.5 Å². The maximum absolute atomic E-state index is 12.9. The zero-order valence-electron chi connectivity index (χ0n) is 18.0. The number of hydrogen-bond acceptors (Lipinski definition) is 3. The maximum Gasteiger partial charge on any atom is 0.404 e. The molecule has 0 aliphatic heterocycles. The van der Waals surface area contributed by atoms with E-state index in [-0.39, 0.29) is 24.3 Å². The van der Waals surface area contributed by atoms with Gasteiger partial charge in [-0.2, -0.15) is 0 Å². The molecular formula is C24H31N3O4. The molecule has 0 aromatic heterocycles. The molecular weight excluding hydrogens is 394 g/mol. The summed E-state index contributed by atoms with van der Waals surface area (Å²) in [6.45, 7) is 4.30. The van der Waals surface area contributed by atoms with Gasteiger partial charge in [-0.15, -0.1) is 0 Å². The highest BCUT2D eigenvalue weighted by Crippen LogP contribution is 2.13. The number of carboxylic acid groups (broad SMARTS) is 1. The lowest BCUT2D eigenvalue weighted by atomic mass is 9.95. The fourth-order valence-electron chi connectivity index (χ4n) is 3.32. The van der Waals surface area contributed by atoms with Crippen molar-refractivity contribution in [3.8, 4) is 0 Å².